The molecule has 2 aromatic rings. The van der Waals surface area contributed by atoms with Crippen LogP contribution in [0.25, 0.3) is 0 Å². The minimum absolute atomic E-state index is 0.0580. The molecule has 0 unspecified atom stereocenters. The zero-order valence-corrected chi connectivity index (χ0v) is 12.3. The van der Waals surface area contributed by atoms with E-state index in [0.717, 1.165) is 11.3 Å². The maximum absolute atomic E-state index is 11.6. The number of aromatic nitrogens is 2. The number of benzene rings is 1. The van der Waals surface area contributed by atoms with Crippen LogP contribution in [-0.4, -0.2) is 22.3 Å². The topological polar surface area (TPSA) is 93.3 Å². The number of rotatable bonds is 4. The molecule has 0 aliphatic carbocycles. The van der Waals surface area contributed by atoms with Crippen LogP contribution < -0.4 is 11.2 Å². The van der Waals surface area contributed by atoms with Crippen LogP contribution in [0.15, 0.2) is 23.3 Å². The van der Waals surface area contributed by atoms with Crippen LogP contribution in [0.1, 0.15) is 10.6 Å². The molecule has 9 heteroatoms. The van der Waals surface area contributed by atoms with Gasteiger partial charge >= 0.3 is 0 Å². The van der Waals surface area contributed by atoms with Gasteiger partial charge in [-0.3, -0.25) is 4.79 Å². The molecule has 0 aliphatic rings. The Bertz CT molecular complexity index is 638. The standard InChI is InChI=1S/C11H9Cl2N5OS/c12-7-2-1-3-8(13)6(7)5-15-16-9(19)4-10-17-18-11(14)20-10/h1-3,5H,4H2,(H2,14,18)(H,16,19). The van der Waals surface area contributed by atoms with E-state index in [0.29, 0.717) is 25.7 Å². The Hall–Kier alpha value is -1.70. The number of hydrogen-bond acceptors (Lipinski definition) is 6. The van der Waals surface area contributed by atoms with Crippen LogP contribution in [0.5, 0.6) is 0 Å². The summed E-state index contributed by atoms with van der Waals surface area (Å²) in [5.74, 6) is -0.333. The van der Waals surface area contributed by atoms with Crippen molar-refractivity contribution in [3.05, 3.63) is 38.8 Å². The van der Waals surface area contributed by atoms with Crippen molar-refractivity contribution in [2.45, 2.75) is 6.42 Å². The van der Waals surface area contributed by atoms with E-state index in [4.69, 9.17) is 28.9 Å². The Kier molecular flexibility index (Phi) is 4.89. The Balaban J connectivity index is 1.94. The van der Waals surface area contributed by atoms with Crippen LogP contribution in [0, 0.1) is 0 Å². The van der Waals surface area contributed by atoms with Gasteiger partial charge in [0, 0.05) is 5.56 Å². The summed E-state index contributed by atoms with van der Waals surface area (Å²) in [7, 11) is 0. The van der Waals surface area contributed by atoms with Gasteiger partial charge in [0.1, 0.15) is 5.01 Å². The van der Waals surface area contributed by atoms with Crippen molar-refractivity contribution >= 4 is 51.8 Å². The molecule has 0 aliphatic heterocycles. The fourth-order valence-corrected chi connectivity index (χ4v) is 2.42. The second kappa shape index (κ2) is 6.65. The molecular formula is C11H9Cl2N5OS. The molecule has 1 aromatic heterocycles. The van der Waals surface area contributed by atoms with Gasteiger partial charge in [0.2, 0.25) is 11.0 Å². The minimum Gasteiger partial charge on any atom is -0.374 e. The van der Waals surface area contributed by atoms with Gasteiger partial charge in [-0.2, -0.15) is 5.10 Å². The number of nitrogens with one attached hydrogen (secondary N) is 1. The smallest absolute Gasteiger partial charge is 0.247 e. The second-order valence-corrected chi connectivity index (χ2v) is 5.55. The molecule has 0 spiro atoms. The first kappa shape index (κ1) is 14.7. The molecule has 0 saturated heterocycles. The van der Waals surface area contributed by atoms with E-state index in [2.05, 4.69) is 20.7 Å². The highest BCUT2D eigenvalue weighted by Gasteiger charge is 2.07. The summed E-state index contributed by atoms with van der Waals surface area (Å²) in [6.07, 6.45) is 1.44. The Labute approximate surface area is 128 Å². The number of hydrogen-bond donors (Lipinski definition) is 2. The summed E-state index contributed by atoms with van der Waals surface area (Å²) in [6, 6.07) is 5.09. The Morgan fingerprint density at radius 3 is 2.70 bits per heavy atom. The van der Waals surface area contributed by atoms with Gasteiger partial charge in [-0.1, -0.05) is 40.6 Å². The van der Waals surface area contributed by atoms with Gasteiger partial charge in [-0.05, 0) is 12.1 Å². The molecule has 0 fully saturated rings. The van der Waals surface area contributed by atoms with E-state index in [1.807, 2.05) is 0 Å². The molecule has 0 bridgehead atoms. The lowest BCUT2D eigenvalue weighted by atomic mass is 10.2. The maximum Gasteiger partial charge on any atom is 0.247 e. The predicted octanol–water partition coefficient (Wildman–Crippen LogP) is 2.12. The summed E-state index contributed by atoms with van der Waals surface area (Å²) < 4.78 is 0. The molecule has 1 aromatic carbocycles. The zero-order chi connectivity index (χ0) is 14.5. The number of nitrogens with two attached hydrogens (primary N) is 1. The van der Waals surface area contributed by atoms with Gasteiger partial charge < -0.3 is 5.73 Å². The average molecular weight is 330 g/mol. The average Bonchev–Trinajstić information content (AvgIpc) is 2.78. The summed E-state index contributed by atoms with van der Waals surface area (Å²) in [5, 5.41) is 12.9. The van der Waals surface area contributed by atoms with Crippen LogP contribution >= 0.6 is 34.5 Å². The number of halogens is 2. The fourth-order valence-electron chi connectivity index (χ4n) is 1.32. The van der Waals surface area contributed by atoms with E-state index in [1.54, 1.807) is 18.2 Å². The van der Waals surface area contributed by atoms with Gasteiger partial charge in [-0.15, -0.1) is 10.2 Å². The Morgan fingerprint density at radius 1 is 1.40 bits per heavy atom. The molecule has 6 nitrogen and oxygen atoms in total. The lowest BCUT2D eigenvalue weighted by Crippen LogP contribution is -2.19. The maximum atomic E-state index is 11.6. The largest absolute Gasteiger partial charge is 0.374 e. The molecular weight excluding hydrogens is 321 g/mol. The number of nitrogens with zero attached hydrogens (tertiary/aromatic N) is 3. The number of carbonyl (C=O) groups excluding carboxylic acids is 1. The molecule has 0 radical (unpaired) electrons. The molecule has 104 valence electrons. The number of nitrogen functional groups attached to an aromatic ring is 1. The van der Waals surface area contributed by atoms with Gasteiger partial charge in [-0.25, -0.2) is 5.43 Å². The monoisotopic (exact) mass is 329 g/mol. The SMILES string of the molecule is Nc1nnc(CC(=O)NN=Cc2c(Cl)cccc2Cl)s1. The summed E-state index contributed by atoms with van der Waals surface area (Å²) >= 11 is 13.1. The molecule has 1 amide bonds. The van der Waals surface area contributed by atoms with Crippen molar-refractivity contribution in [2.24, 2.45) is 5.10 Å². The van der Waals surface area contributed by atoms with Gasteiger partial charge in [0.15, 0.2) is 0 Å². The summed E-state index contributed by atoms with van der Waals surface area (Å²) in [5.41, 5.74) is 8.31. The van der Waals surface area contributed by atoms with Crippen molar-refractivity contribution in [3.8, 4) is 0 Å². The first-order chi connectivity index (χ1) is 9.56. The molecule has 1 heterocycles. The van der Waals surface area contributed by atoms with Crippen molar-refractivity contribution in [2.75, 3.05) is 5.73 Å². The molecule has 0 atom stereocenters. The highest BCUT2D eigenvalue weighted by molar-refractivity contribution is 7.15. The lowest BCUT2D eigenvalue weighted by molar-refractivity contribution is -0.120. The summed E-state index contributed by atoms with van der Waals surface area (Å²) in [6.45, 7) is 0. The second-order valence-electron chi connectivity index (χ2n) is 3.64. The highest BCUT2D eigenvalue weighted by atomic mass is 35.5. The number of hydrazone groups is 1. The summed E-state index contributed by atoms with van der Waals surface area (Å²) in [4.78, 5) is 11.6. The number of carbonyl (C=O) groups is 1. The van der Waals surface area contributed by atoms with Gasteiger partial charge in [0.25, 0.3) is 0 Å². The number of amides is 1. The van der Waals surface area contributed by atoms with Crippen LogP contribution in [0.4, 0.5) is 5.13 Å². The van der Waals surface area contributed by atoms with E-state index in [1.165, 1.54) is 6.21 Å². The molecule has 0 saturated carbocycles. The molecule has 2 rings (SSSR count). The quantitative estimate of drug-likeness (QED) is 0.663. The first-order valence-electron chi connectivity index (χ1n) is 5.40. The Morgan fingerprint density at radius 2 is 2.10 bits per heavy atom. The van der Waals surface area contributed by atoms with Crippen molar-refractivity contribution in [1.29, 1.82) is 0 Å². The number of anilines is 1. The third-order valence-electron chi connectivity index (χ3n) is 2.18. The van der Waals surface area contributed by atoms with Crippen molar-refractivity contribution in [1.82, 2.24) is 15.6 Å². The molecule has 20 heavy (non-hydrogen) atoms. The van der Waals surface area contributed by atoms with Gasteiger partial charge in [0.05, 0.1) is 22.7 Å². The molecule has 3 N–H and O–H groups in total. The van der Waals surface area contributed by atoms with Crippen LogP contribution in [-0.2, 0) is 11.2 Å². The van der Waals surface area contributed by atoms with E-state index in [9.17, 15) is 4.79 Å². The first-order valence-corrected chi connectivity index (χ1v) is 6.97. The highest BCUT2D eigenvalue weighted by Crippen LogP contribution is 2.22. The minimum atomic E-state index is -0.333. The zero-order valence-electron chi connectivity index (χ0n) is 10.0. The van der Waals surface area contributed by atoms with Crippen molar-refractivity contribution in [3.63, 3.8) is 0 Å². The van der Waals surface area contributed by atoms with E-state index >= 15 is 0 Å². The van der Waals surface area contributed by atoms with Crippen molar-refractivity contribution < 1.29 is 4.79 Å². The van der Waals surface area contributed by atoms with E-state index in [-0.39, 0.29) is 12.3 Å². The lowest BCUT2D eigenvalue weighted by Gasteiger charge is -2.00. The third-order valence-corrected chi connectivity index (χ3v) is 3.59. The van der Waals surface area contributed by atoms with Crippen LogP contribution in [0.2, 0.25) is 10.0 Å². The fraction of sp³-hybridized carbons (Fsp3) is 0.0909. The van der Waals surface area contributed by atoms with E-state index < -0.39 is 0 Å². The third kappa shape index (κ3) is 3.89. The normalized spacial score (nSPS) is 10.9. The predicted molar refractivity (Wildman–Crippen MR) is 80.2 cm³/mol. The van der Waals surface area contributed by atoms with Crippen LogP contribution in [0.3, 0.4) is 0 Å².